The largest absolute Gasteiger partial charge is 0.491 e. The molecule has 1 fully saturated rings. The number of nitrogens with two attached hydrogens (primary N) is 1. The van der Waals surface area contributed by atoms with Crippen molar-refractivity contribution < 1.29 is 22.6 Å². The molecule has 5 rings (SSSR count). The maximum atomic E-state index is 13.0. The number of hydrogen-bond donors (Lipinski definition) is 1. The number of aryl methyl sites for hydroxylation is 1. The van der Waals surface area contributed by atoms with E-state index in [1.807, 2.05) is 10.6 Å². The third-order valence-electron chi connectivity index (χ3n) is 5.89. The summed E-state index contributed by atoms with van der Waals surface area (Å²) in [4.78, 5) is 15.6. The first-order valence-electron chi connectivity index (χ1n) is 11.1. The van der Waals surface area contributed by atoms with Gasteiger partial charge >= 0.3 is 6.18 Å². The van der Waals surface area contributed by atoms with E-state index in [-0.39, 0.29) is 24.4 Å². The van der Waals surface area contributed by atoms with Crippen LogP contribution in [0.1, 0.15) is 18.7 Å². The third-order valence-corrected chi connectivity index (χ3v) is 5.89. The van der Waals surface area contributed by atoms with Gasteiger partial charge in [0.1, 0.15) is 42.1 Å². The Kier molecular flexibility index (Phi) is 5.90. The number of pyridine rings is 1. The van der Waals surface area contributed by atoms with Gasteiger partial charge in [0.25, 0.3) is 0 Å². The lowest BCUT2D eigenvalue weighted by molar-refractivity contribution is -0.142. The third kappa shape index (κ3) is 4.44. The average Bonchev–Trinajstić information content (AvgIpc) is 3.47. The zero-order valence-electron chi connectivity index (χ0n) is 18.6. The monoisotopic (exact) mass is 478 g/mol. The number of anilines is 1. The van der Waals surface area contributed by atoms with Crippen molar-refractivity contribution in [1.82, 2.24) is 29.3 Å². The van der Waals surface area contributed by atoms with Gasteiger partial charge in [-0.3, -0.25) is 0 Å². The summed E-state index contributed by atoms with van der Waals surface area (Å²) >= 11 is 0. The fraction of sp³-hybridized carbons (Fsp3) is 0.524. The summed E-state index contributed by atoms with van der Waals surface area (Å²) in [6.45, 7) is 2.74. The van der Waals surface area contributed by atoms with Crippen LogP contribution in [-0.4, -0.2) is 68.0 Å². The Labute approximate surface area is 193 Å². The number of hydrogen-bond acceptors (Lipinski definition) is 8. The Balaban J connectivity index is 1.48. The van der Waals surface area contributed by atoms with E-state index in [0.717, 1.165) is 29.9 Å². The summed E-state index contributed by atoms with van der Waals surface area (Å²) in [5, 5.41) is 3.90. The lowest BCUT2D eigenvalue weighted by Crippen LogP contribution is -2.34. The van der Waals surface area contributed by atoms with Gasteiger partial charge in [-0.05, 0) is 19.8 Å². The fourth-order valence-corrected chi connectivity index (χ4v) is 4.47. The van der Waals surface area contributed by atoms with Gasteiger partial charge in [0.2, 0.25) is 0 Å². The van der Waals surface area contributed by atoms with Crippen molar-refractivity contribution in [3.8, 4) is 28.7 Å². The van der Waals surface area contributed by atoms with Gasteiger partial charge in [0, 0.05) is 25.0 Å². The van der Waals surface area contributed by atoms with E-state index in [4.69, 9.17) is 15.2 Å². The number of rotatable bonds is 6. The van der Waals surface area contributed by atoms with Crippen molar-refractivity contribution in [3.63, 3.8) is 0 Å². The van der Waals surface area contributed by atoms with Crippen LogP contribution in [0.15, 0.2) is 18.5 Å². The second-order valence-corrected chi connectivity index (χ2v) is 8.31. The van der Waals surface area contributed by atoms with Crippen molar-refractivity contribution in [2.75, 3.05) is 31.4 Å². The number of fused-ring (bicyclic) bond motifs is 3. The summed E-state index contributed by atoms with van der Waals surface area (Å²) in [5.41, 5.74) is 6.46. The molecule has 1 saturated heterocycles. The highest BCUT2D eigenvalue weighted by molar-refractivity contribution is 5.69. The molecule has 0 aromatic carbocycles. The van der Waals surface area contributed by atoms with Gasteiger partial charge in [-0.25, -0.2) is 19.6 Å². The van der Waals surface area contributed by atoms with Crippen molar-refractivity contribution in [1.29, 1.82) is 0 Å². The van der Waals surface area contributed by atoms with Gasteiger partial charge in [-0.15, -0.1) is 0 Å². The van der Waals surface area contributed by atoms with Crippen LogP contribution >= 0.6 is 0 Å². The van der Waals surface area contributed by atoms with Gasteiger partial charge in [-0.1, -0.05) is 0 Å². The topological polar surface area (TPSA) is 109 Å². The van der Waals surface area contributed by atoms with Crippen LogP contribution in [0, 0.1) is 6.92 Å². The smallest absolute Gasteiger partial charge is 0.408 e. The molecule has 1 unspecified atom stereocenters. The zero-order valence-corrected chi connectivity index (χ0v) is 18.6. The van der Waals surface area contributed by atoms with E-state index in [1.54, 1.807) is 19.3 Å². The first kappa shape index (κ1) is 22.6. The molecule has 0 aliphatic carbocycles. The van der Waals surface area contributed by atoms with E-state index in [9.17, 15) is 13.2 Å². The van der Waals surface area contributed by atoms with Crippen molar-refractivity contribution in [3.05, 3.63) is 24.3 Å². The minimum absolute atomic E-state index is 0.0715. The molecule has 0 spiro atoms. The van der Waals surface area contributed by atoms with Gasteiger partial charge in [0.05, 0.1) is 31.5 Å². The Morgan fingerprint density at radius 1 is 1.24 bits per heavy atom. The second-order valence-electron chi connectivity index (χ2n) is 8.31. The molecule has 0 amide bonds. The van der Waals surface area contributed by atoms with Crippen LogP contribution in [0.25, 0.3) is 22.9 Å². The first-order chi connectivity index (χ1) is 16.3. The molecule has 5 heterocycles. The highest BCUT2D eigenvalue weighted by atomic mass is 19.4. The van der Waals surface area contributed by atoms with Crippen LogP contribution in [-0.2, 0) is 17.8 Å². The molecule has 0 radical (unpaired) electrons. The quantitative estimate of drug-likeness (QED) is 0.538. The Hall–Kier alpha value is -3.19. The van der Waals surface area contributed by atoms with E-state index in [1.165, 1.54) is 0 Å². The summed E-state index contributed by atoms with van der Waals surface area (Å²) < 4.78 is 53.2. The van der Waals surface area contributed by atoms with Crippen LogP contribution in [0.4, 0.5) is 19.0 Å². The first-order valence-corrected chi connectivity index (χ1v) is 11.1. The average molecular weight is 478 g/mol. The molecule has 1 atom stereocenters. The van der Waals surface area contributed by atoms with Crippen LogP contribution in [0.2, 0.25) is 0 Å². The molecule has 2 aliphatic heterocycles. The van der Waals surface area contributed by atoms with Crippen LogP contribution in [0.5, 0.6) is 5.75 Å². The second kappa shape index (κ2) is 8.87. The molecule has 0 bridgehead atoms. The highest BCUT2D eigenvalue weighted by Gasteiger charge is 2.32. The van der Waals surface area contributed by atoms with Gasteiger partial charge in [0.15, 0.2) is 5.82 Å². The number of imidazole rings is 1. The molecule has 34 heavy (non-hydrogen) atoms. The molecule has 13 heteroatoms. The number of aromatic nitrogens is 6. The summed E-state index contributed by atoms with van der Waals surface area (Å²) in [6.07, 6.45) is 0.979. The molecule has 2 N–H and O–H groups in total. The maximum absolute atomic E-state index is 13.0. The summed E-state index contributed by atoms with van der Waals surface area (Å²) in [6, 6.07) is 2.08. The number of alkyl halides is 3. The Morgan fingerprint density at radius 2 is 2.09 bits per heavy atom. The predicted molar refractivity (Wildman–Crippen MR) is 116 cm³/mol. The molecular weight excluding hydrogens is 453 g/mol. The predicted octanol–water partition coefficient (Wildman–Crippen LogP) is 2.37. The highest BCUT2D eigenvalue weighted by Crippen LogP contribution is 2.36. The minimum atomic E-state index is -4.42. The summed E-state index contributed by atoms with van der Waals surface area (Å²) in [5.74, 6) is 2.28. The molecule has 3 aromatic rings. The number of nitrogens with zero attached hydrogens (tertiary/aromatic N) is 7. The zero-order chi connectivity index (χ0) is 23.9. The Bertz CT molecular complexity index is 1180. The number of ether oxygens (including phenoxy) is 2. The SMILES string of the molecule is Cc1nc(-c2cn3c(n2)-c2cnc(N4CCCC4COCN)cc2OCC3)n(CC(F)(F)F)n1. The van der Waals surface area contributed by atoms with Crippen molar-refractivity contribution >= 4 is 5.82 Å². The molecule has 0 saturated carbocycles. The summed E-state index contributed by atoms with van der Waals surface area (Å²) in [7, 11) is 0. The lowest BCUT2D eigenvalue weighted by Gasteiger charge is -2.26. The van der Waals surface area contributed by atoms with Crippen molar-refractivity contribution in [2.45, 2.75) is 45.1 Å². The fourth-order valence-electron chi connectivity index (χ4n) is 4.47. The normalized spacial score (nSPS) is 17.9. The molecule has 182 valence electrons. The maximum Gasteiger partial charge on any atom is 0.408 e. The standard InChI is InChI=1S/C21H25F3N8O2/c1-13-27-20(32(29-13)11-21(22,23)24)16-9-30-5-6-34-17-7-18(26-8-15(17)19(30)28-16)31-4-2-3-14(31)10-33-12-25/h7-9,14H,2-6,10-12,25H2,1H3. The van der Waals surface area contributed by atoms with E-state index in [2.05, 4.69) is 25.0 Å². The van der Waals surface area contributed by atoms with Crippen LogP contribution < -0.4 is 15.4 Å². The Morgan fingerprint density at radius 3 is 2.88 bits per heavy atom. The van der Waals surface area contributed by atoms with Gasteiger partial charge in [-0.2, -0.15) is 18.3 Å². The van der Waals surface area contributed by atoms with E-state index < -0.39 is 12.7 Å². The molecular formula is C21H25F3N8O2. The number of halogens is 3. The van der Waals surface area contributed by atoms with Crippen molar-refractivity contribution in [2.24, 2.45) is 5.73 Å². The minimum Gasteiger partial charge on any atom is -0.491 e. The molecule has 10 nitrogen and oxygen atoms in total. The molecule has 3 aromatic heterocycles. The molecule has 2 aliphatic rings. The van der Waals surface area contributed by atoms with E-state index >= 15 is 0 Å². The lowest BCUT2D eigenvalue weighted by atomic mass is 10.2. The van der Waals surface area contributed by atoms with Crippen LogP contribution in [0.3, 0.4) is 0 Å². The van der Waals surface area contributed by atoms with Gasteiger partial charge < -0.3 is 24.7 Å². The van der Waals surface area contributed by atoms with E-state index in [0.29, 0.717) is 42.6 Å².